The standard InChI is InChI=1S/2C26H34N6O3.CH4/c2*1-5-7-22-23-21(12-13-32(22)18(4)33)25(31-14-15-35-16-17(31)3)30-24(29-23)19-8-10-20(11-9-19)28-26(34)27-6-2;/h2*5,8-11,17,22H,1,6-7,12-16H2,2-4H3,(H2,27,28,34);1H4/t17-,22+;17-,22-;/m00./s1. The molecule has 0 radical (unpaired) electrons. The molecule has 0 spiro atoms. The number of urea groups is 2. The van der Waals surface area contributed by atoms with Crippen LogP contribution < -0.4 is 31.1 Å². The fourth-order valence-electron chi connectivity index (χ4n) is 9.52. The van der Waals surface area contributed by atoms with Gasteiger partial charge in [0.2, 0.25) is 11.8 Å². The summed E-state index contributed by atoms with van der Waals surface area (Å²) in [6, 6.07) is 14.5. The number of hydrogen-bond acceptors (Lipinski definition) is 12. The van der Waals surface area contributed by atoms with Crippen LogP contribution in [0.15, 0.2) is 73.8 Å². The van der Waals surface area contributed by atoms with Gasteiger partial charge in [-0.25, -0.2) is 29.5 Å². The Morgan fingerprint density at radius 3 is 1.32 bits per heavy atom. The molecule has 18 nitrogen and oxygen atoms in total. The summed E-state index contributed by atoms with van der Waals surface area (Å²) in [7, 11) is 0. The smallest absolute Gasteiger partial charge is 0.319 e. The highest BCUT2D eigenvalue weighted by Gasteiger charge is 2.37. The van der Waals surface area contributed by atoms with Gasteiger partial charge in [-0.15, -0.1) is 13.2 Å². The number of aromatic nitrogens is 4. The third kappa shape index (κ3) is 12.5. The summed E-state index contributed by atoms with van der Waals surface area (Å²) in [5.74, 6) is 3.10. The van der Waals surface area contributed by atoms with Gasteiger partial charge in [-0.2, -0.15) is 0 Å². The lowest BCUT2D eigenvalue weighted by molar-refractivity contribution is -0.132. The Labute approximate surface area is 418 Å². The van der Waals surface area contributed by atoms with Crippen LogP contribution in [0.3, 0.4) is 0 Å². The van der Waals surface area contributed by atoms with Gasteiger partial charge < -0.3 is 50.3 Å². The normalized spacial score (nSPS) is 19.4. The molecule has 380 valence electrons. The van der Waals surface area contributed by atoms with E-state index < -0.39 is 0 Å². The van der Waals surface area contributed by atoms with Crippen molar-refractivity contribution in [2.45, 2.75) is 98.8 Å². The first-order valence-corrected chi connectivity index (χ1v) is 24.4. The van der Waals surface area contributed by atoms with Gasteiger partial charge in [-0.3, -0.25) is 9.59 Å². The maximum absolute atomic E-state index is 12.4. The number of benzene rings is 2. The van der Waals surface area contributed by atoms with E-state index in [0.29, 0.717) is 101 Å². The van der Waals surface area contributed by atoms with Gasteiger partial charge in [0.1, 0.15) is 11.6 Å². The molecule has 18 heteroatoms. The van der Waals surface area contributed by atoms with Crippen molar-refractivity contribution in [1.29, 1.82) is 0 Å². The van der Waals surface area contributed by atoms with Crippen molar-refractivity contribution in [3.05, 3.63) is 96.4 Å². The first kappa shape index (κ1) is 53.4. The van der Waals surface area contributed by atoms with E-state index in [1.807, 2.05) is 84.3 Å². The largest absolute Gasteiger partial charge is 0.377 e. The Hall–Kier alpha value is -6.92. The molecule has 4 aromatic rings. The third-order valence-electron chi connectivity index (χ3n) is 13.0. The van der Waals surface area contributed by atoms with Gasteiger partial charge in [-0.1, -0.05) is 19.6 Å². The minimum atomic E-state index is -0.245. The number of hydrogen-bond donors (Lipinski definition) is 4. The van der Waals surface area contributed by atoms with E-state index >= 15 is 0 Å². The van der Waals surface area contributed by atoms with E-state index in [0.717, 1.165) is 58.4 Å². The van der Waals surface area contributed by atoms with E-state index in [1.165, 1.54) is 0 Å². The predicted octanol–water partition coefficient (Wildman–Crippen LogP) is 7.70. The molecule has 4 N–H and O–H groups in total. The van der Waals surface area contributed by atoms with Crippen molar-refractivity contribution in [2.75, 3.05) is 86.1 Å². The lowest BCUT2D eigenvalue weighted by Gasteiger charge is -2.40. The molecule has 6 heterocycles. The highest BCUT2D eigenvalue weighted by molar-refractivity contribution is 5.90. The molecule has 0 unspecified atom stereocenters. The summed E-state index contributed by atoms with van der Waals surface area (Å²) in [6.45, 7) is 25.5. The van der Waals surface area contributed by atoms with Crippen LogP contribution in [0.2, 0.25) is 0 Å². The van der Waals surface area contributed by atoms with Gasteiger partial charge >= 0.3 is 12.1 Å². The van der Waals surface area contributed by atoms with E-state index in [2.05, 4.69) is 58.1 Å². The number of fused-ring (bicyclic) bond motifs is 2. The quantitative estimate of drug-likeness (QED) is 0.101. The summed E-state index contributed by atoms with van der Waals surface area (Å²) in [4.78, 5) is 77.1. The number of carbonyl (C=O) groups is 4. The fraction of sp³-hybridized carbons (Fsp3) is 0.472. The minimum absolute atomic E-state index is 0. The molecule has 4 aliphatic rings. The Morgan fingerprint density at radius 1 is 0.620 bits per heavy atom. The third-order valence-corrected chi connectivity index (χ3v) is 13.0. The average Bonchev–Trinajstić information content (AvgIpc) is 3.35. The number of morpholine rings is 2. The van der Waals surface area contributed by atoms with Crippen LogP contribution in [0, 0.1) is 0 Å². The molecule has 0 bridgehead atoms. The molecular weight excluding hydrogens is 901 g/mol. The van der Waals surface area contributed by atoms with Crippen LogP contribution in [0.1, 0.15) is 96.4 Å². The van der Waals surface area contributed by atoms with E-state index in [1.54, 1.807) is 13.8 Å². The zero-order valence-electron chi connectivity index (χ0n) is 41.4. The molecule has 0 aliphatic carbocycles. The molecule has 8 rings (SSSR count). The number of nitrogens with zero attached hydrogens (tertiary/aromatic N) is 8. The Kier molecular flexibility index (Phi) is 18.6. The van der Waals surface area contributed by atoms with Crippen LogP contribution in [0.4, 0.5) is 32.6 Å². The fourth-order valence-corrected chi connectivity index (χ4v) is 9.52. The molecule has 2 aromatic heterocycles. The van der Waals surface area contributed by atoms with Crippen molar-refractivity contribution >= 4 is 46.9 Å². The number of ether oxygens (including phenoxy) is 2. The lowest BCUT2D eigenvalue weighted by Crippen LogP contribution is -2.46. The van der Waals surface area contributed by atoms with Gasteiger partial charge in [0.25, 0.3) is 0 Å². The second-order valence-corrected chi connectivity index (χ2v) is 17.8. The maximum atomic E-state index is 12.4. The summed E-state index contributed by atoms with van der Waals surface area (Å²) in [5.41, 5.74) is 7.02. The van der Waals surface area contributed by atoms with Gasteiger partial charge in [0, 0.05) is 86.7 Å². The van der Waals surface area contributed by atoms with Crippen LogP contribution in [0.25, 0.3) is 22.8 Å². The second-order valence-electron chi connectivity index (χ2n) is 17.8. The lowest BCUT2D eigenvalue weighted by atomic mass is 9.94. The number of anilines is 4. The number of nitrogens with one attached hydrogen (secondary N) is 4. The summed E-state index contributed by atoms with van der Waals surface area (Å²) < 4.78 is 11.3. The van der Waals surface area contributed by atoms with Crippen LogP contribution >= 0.6 is 0 Å². The minimum Gasteiger partial charge on any atom is -0.377 e. The zero-order valence-corrected chi connectivity index (χ0v) is 41.4. The Bertz CT molecular complexity index is 2350. The summed E-state index contributed by atoms with van der Waals surface area (Å²) in [6.07, 6.45) is 6.34. The van der Waals surface area contributed by atoms with Gasteiger partial charge in [-0.05, 0) is 102 Å². The first-order valence-electron chi connectivity index (χ1n) is 24.4. The predicted molar refractivity (Wildman–Crippen MR) is 280 cm³/mol. The summed E-state index contributed by atoms with van der Waals surface area (Å²) in [5, 5.41) is 11.1. The molecule has 0 saturated carbocycles. The van der Waals surface area contributed by atoms with Gasteiger partial charge in [0.05, 0.1) is 62.0 Å². The van der Waals surface area contributed by atoms with Crippen molar-refractivity contribution in [3.63, 3.8) is 0 Å². The monoisotopic (exact) mass is 973 g/mol. The Balaban J connectivity index is 0.000000229. The maximum Gasteiger partial charge on any atom is 0.319 e. The molecule has 2 fully saturated rings. The molecule has 4 aliphatic heterocycles. The molecule has 2 aromatic carbocycles. The number of carbonyl (C=O) groups excluding carboxylic acids is 4. The highest BCUT2D eigenvalue weighted by atomic mass is 16.5. The summed E-state index contributed by atoms with van der Waals surface area (Å²) >= 11 is 0. The number of rotatable bonds is 12. The molecular formula is C53H72N12O6. The van der Waals surface area contributed by atoms with Crippen LogP contribution in [0.5, 0.6) is 0 Å². The topological polar surface area (TPSA) is 199 Å². The first-order chi connectivity index (χ1) is 33.8. The van der Waals surface area contributed by atoms with Crippen molar-refractivity contribution in [2.24, 2.45) is 0 Å². The van der Waals surface area contributed by atoms with E-state index in [9.17, 15) is 19.2 Å². The van der Waals surface area contributed by atoms with Crippen molar-refractivity contribution in [1.82, 2.24) is 40.4 Å². The second kappa shape index (κ2) is 24.8. The Morgan fingerprint density at radius 2 is 1.00 bits per heavy atom. The zero-order chi connectivity index (χ0) is 49.9. The molecule has 2 saturated heterocycles. The SMILES string of the molecule is C.C=CC[C@@H]1c2nc(-c3ccc(NC(=O)NCC)cc3)nc(N3CCOC[C@@H]3C)c2CCN1C(C)=O.C=CC[C@H]1c2nc(-c3ccc(NC(=O)NCC)cc3)nc(N3CCOC[C@@H]3C)c2CCN1C(C)=O. The average molecular weight is 973 g/mol. The van der Waals surface area contributed by atoms with Crippen LogP contribution in [-0.4, -0.2) is 131 Å². The van der Waals surface area contributed by atoms with Crippen molar-refractivity contribution < 1.29 is 28.7 Å². The van der Waals surface area contributed by atoms with E-state index in [-0.39, 0.29) is 55.5 Å². The number of amides is 6. The van der Waals surface area contributed by atoms with E-state index in [4.69, 9.17) is 29.4 Å². The van der Waals surface area contributed by atoms with Crippen molar-refractivity contribution in [3.8, 4) is 22.8 Å². The molecule has 4 atom stereocenters. The van der Waals surface area contributed by atoms with Gasteiger partial charge in [0.15, 0.2) is 11.6 Å². The molecule has 6 amide bonds. The highest BCUT2D eigenvalue weighted by Crippen LogP contribution is 2.40. The molecule has 71 heavy (non-hydrogen) atoms. The van der Waals surface area contributed by atoms with Crippen LogP contribution in [-0.2, 0) is 31.9 Å².